The highest BCUT2D eigenvalue weighted by Crippen LogP contribution is 2.36. The second-order valence-corrected chi connectivity index (χ2v) is 9.30. The van der Waals surface area contributed by atoms with E-state index in [0.29, 0.717) is 56.4 Å². The number of nitrogens with one attached hydrogen (secondary N) is 1. The molecule has 2 aliphatic heterocycles. The predicted molar refractivity (Wildman–Crippen MR) is 122 cm³/mol. The van der Waals surface area contributed by atoms with Gasteiger partial charge in [-0.1, -0.05) is 12.1 Å². The average molecular weight is 442 g/mol. The third-order valence-electron chi connectivity index (χ3n) is 5.50. The fourth-order valence-electron chi connectivity index (χ4n) is 4.08. The Hall–Kier alpha value is -3.07. The summed E-state index contributed by atoms with van der Waals surface area (Å²) in [5, 5.41) is 22.3. The van der Waals surface area contributed by atoms with Crippen molar-refractivity contribution in [1.29, 1.82) is 0 Å². The Kier molecular flexibility index (Phi) is 5.85. The number of likely N-dealkylation sites (tertiary alicyclic amines) is 1. The van der Waals surface area contributed by atoms with E-state index in [1.807, 2.05) is 45.9 Å². The van der Waals surface area contributed by atoms with E-state index in [1.54, 1.807) is 17.0 Å². The molecule has 0 unspecified atom stereocenters. The second kappa shape index (κ2) is 8.46. The van der Waals surface area contributed by atoms with Gasteiger partial charge in [0.25, 0.3) is 0 Å². The number of morpholine rings is 1. The Bertz CT molecular complexity index is 985. The summed E-state index contributed by atoms with van der Waals surface area (Å²) in [6.07, 6.45) is -0.315. The van der Waals surface area contributed by atoms with Crippen molar-refractivity contribution in [1.82, 2.24) is 15.1 Å². The zero-order chi connectivity index (χ0) is 22.9. The van der Waals surface area contributed by atoms with Gasteiger partial charge in [0.2, 0.25) is 0 Å². The van der Waals surface area contributed by atoms with Crippen molar-refractivity contribution in [3.05, 3.63) is 30.3 Å². The molecule has 9 nitrogen and oxygen atoms in total. The maximum atomic E-state index is 12.4. The number of aromatic hydroxyl groups is 1. The Balaban J connectivity index is 1.55. The molecular weight excluding hydrogens is 410 g/mol. The van der Waals surface area contributed by atoms with Crippen molar-refractivity contribution < 1.29 is 19.4 Å². The van der Waals surface area contributed by atoms with Gasteiger partial charge in [-0.15, -0.1) is 10.2 Å². The molecule has 32 heavy (non-hydrogen) atoms. The minimum atomic E-state index is -0.526. The van der Waals surface area contributed by atoms with E-state index in [4.69, 9.17) is 9.47 Å². The average Bonchev–Trinajstić information content (AvgIpc) is 2.72. The van der Waals surface area contributed by atoms with E-state index >= 15 is 0 Å². The van der Waals surface area contributed by atoms with Gasteiger partial charge in [-0.05, 0) is 45.9 Å². The molecular formula is C23H31N5O4. The minimum Gasteiger partial charge on any atom is -0.507 e. The number of benzene rings is 1. The van der Waals surface area contributed by atoms with Gasteiger partial charge in [-0.2, -0.15) is 0 Å². The van der Waals surface area contributed by atoms with Crippen LogP contribution in [-0.4, -0.2) is 76.8 Å². The first-order valence-corrected chi connectivity index (χ1v) is 11.0. The van der Waals surface area contributed by atoms with Crippen LogP contribution in [0.3, 0.4) is 0 Å². The zero-order valence-electron chi connectivity index (χ0n) is 19.1. The van der Waals surface area contributed by atoms with E-state index in [2.05, 4.69) is 20.4 Å². The summed E-state index contributed by atoms with van der Waals surface area (Å²) < 4.78 is 11.6. The van der Waals surface area contributed by atoms with Crippen molar-refractivity contribution in [2.75, 3.05) is 49.5 Å². The number of para-hydroxylation sites is 1. The Morgan fingerprint density at radius 3 is 2.69 bits per heavy atom. The van der Waals surface area contributed by atoms with Crippen LogP contribution in [0.2, 0.25) is 0 Å². The number of hydrogen-bond donors (Lipinski definition) is 2. The number of nitrogens with zero attached hydrogens (tertiary/aromatic N) is 4. The van der Waals surface area contributed by atoms with Gasteiger partial charge in [0, 0.05) is 18.7 Å². The summed E-state index contributed by atoms with van der Waals surface area (Å²) >= 11 is 0. The van der Waals surface area contributed by atoms with Crippen LogP contribution in [0.15, 0.2) is 30.3 Å². The van der Waals surface area contributed by atoms with Crippen molar-refractivity contribution in [2.24, 2.45) is 0 Å². The van der Waals surface area contributed by atoms with E-state index in [0.717, 1.165) is 5.69 Å². The molecule has 2 N–H and O–H groups in total. The number of ether oxygens (including phenoxy) is 2. The summed E-state index contributed by atoms with van der Waals surface area (Å²) in [5.41, 5.74) is 1.17. The van der Waals surface area contributed by atoms with Crippen molar-refractivity contribution >= 4 is 17.6 Å². The Labute approximate surface area is 188 Å². The van der Waals surface area contributed by atoms with Crippen LogP contribution >= 0.6 is 0 Å². The van der Waals surface area contributed by atoms with E-state index in [-0.39, 0.29) is 11.8 Å². The maximum Gasteiger partial charge on any atom is 0.410 e. The van der Waals surface area contributed by atoms with Crippen molar-refractivity contribution in [2.45, 2.75) is 38.9 Å². The smallest absolute Gasteiger partial charge is 0.410 e. The number of amides is 1. The number of anilines is 2. The van der Waals surface area contributed by atoms with Crippen LogP contribution < -0.4 is 10.2 Å². The van der Waals surface area contributed by atoms with Gasteiger partial charge >= 0.3 is 6.09 Å². The second-order valence-electron chi connectivity index (χ2n) is 9.30. The first-order valence-electron chi connectivity index (χ1n) is 11.0. The highest BCUT2D eigenvalue weighted by molar-refractivity contribution is 5.75. The topological polar surface area (TPSA) is 100 Å². The molecule has 0 aliphatic carbocycles. The molecule has 0 saturated carbocycles. The van der Waals surface area contributed by atoms with Crippen LogP contribution in [0.4, 0.5) is 16.3 Å². The third-order valence-corrected chi connectivity index (χ3v) is 5.50. The molecule has 0 radical (unpaired) electrons. The zero-order valence-corrected chi connectivity index (χ0v) is 19.1. The molecule has 0 bridgehead atoms. The van der Waals surface area contributed by atoms with Crippen LogP contribution in [0.5, 0.6) is 5.75 Å². The molecule has 1 amide bonds. The summed E-state index contributed by atoms with van der Waals surface area (Å²) in [6.45, 7) is 11.1. The fourth-order valence-corrected chi connectivity index (χ4v) is 4.08. The van der Waals surface area contributed by atoms with Gasteiger partial charge < -0.3 is 29.7 Å². The monoisotopic (exact) mass is 441 g/mol. The lowest BCUT2D eigenvalue weighted by Crippen LogP contribution is -2.71. The largest absolute Gasteiger partial charge is 0.507 e. The number of carbonyl (C=O) groups is 1. The molecule has 2 saturated heterocycles. The number of carbonyl (C=O) groups excluding carboxylic acids is 1. The SMILES string of the molecule is CCNc1nnc(-c2ccccc2O)cc1N1CCOC2(CN(C(=O)OC(C)(C)C)C2)C1. The van der Waals surface area contributed by atoms with Gasteiger partial charge in [0.1, 0.15) is 17.0 Å². The first kappa shape index (κ1) is 22.1. The summed E-state index contributed by atoms with van der Waals surface area (Å²) in [7, 11) is 0. The molecule has 2 aliphatic rings. The first-order chi connectivity index (χ1) is 15.2. The van der Waals surface area contributed by atoms with Crippen LogP contribution in [0.25, 0.3) is 11.3 Å². The van der Waals surface area contributed by atoms with Gasteiger partial charge in [-0.3, -0.25) is 0 Å². The quantitative estimate of drug-likeness (QED) is 0.747. The number of rotatable bonds is 4. The molecule has 1 aromatic carbocycles. The van der Waals surface area contributed by atoms with Gasteiger partial charge in [-0.25, -0.2) is 4.79 Å². The molecule has 3 heterocycles. The number of phenolic OH excluding ortho intramolecular Hbond substituents is 1. The molecule has 0 atom stereocenters. The number of phenols is 1. The standard InChI is InChI=1S/C23H31N5O4/c1-5-24-20-18(12-17(25-26-20)16-8-6-7-9-19(16)29)27-10-11-31-23(13-27)14-28(15-23)21(30)32-22(2,3)4/h6-9,12,29H,5,10-11,13-15H2,1-4H3,(H,24,26). The molecule has 172 valence electrons. The number of hydrogen-bond acceptors (Lipinski definition) is 8. The molecule has 4 rings (SSSR count). The maximum absolute atomic E-state index is 12.4. The number of aromatic nitrogens is 2. The highest BCUT2D eigenvalue weighted by atomic mass is 16.6. The third kappa shape index (κ3) is 4.57. The lowest BCUT2D eigenvalue weighted by molar-refractivity contribution is -0.144. The fraction of sp³-hybridized carbons (Fsp3) is 0.522. The van der Waals surface area contributed by atoms with Gasteiger partial charge in [0.15, 0.2) is 5.82 Å². The minimum absolute atomic E-state index is 0.161. The summed E-state index contributed by atoms with van der Waals surface area (Å²) in [5.74, 6) is 0.849. The molecule has 9 heteroatoms. The van der Waals surface area contributed by atoms with Crippen molar-refractivity contribution in [3.8, 4) is 17.0 Å². The Morgan fingerprint density at radius 2 is 2.00 bits per heavy atom. The molecule has 1 aromatic heterocycles. The van der Waals surface area contributed by atoms with Crippen molar-refractivity contribution in [3.63, 3.8) is 0 Å². The van der Waals surface area contributed by atoms with Crippen LogP contribution in [0.1, 0.15) is 27.7 Å². The molecule has 2 aromatic rings. The molecule has 1 spiro atoms. The van der Waals surface area contributed by atoms with Crippen LogP contribution in [-0.2, 0) is 9.47 Å². The summed E-state index contributed by atoms with van der Waals surface area (Å²) in [4.78, 5) is 16.3. The normalized spacial score (nSPS) is 17.8. The molecule has 2 fully saturated rings. The van der Waals surface area contributed by atoms with E-state index in [9.17, 15) is 9.90 Å². The Morgan fingerprint density at radius 1 is 1.25 bits per heavy atom. The highest BCUT2D eigenvalue weighted by Gasteiger charge is 2.50. The van der Waals surface area contributed by atoms with Gasteiger partial charge in [0.05, 0.1) is 37.6 Å². The van der Waals surface area contributed by atoms with E-state index < -0.39 is 11.2 Å². The lowest BCUT2D eigenvalue weighted by Gasteiger charge is -2.53. The summed E-state index contributed by atoms with van der Waals surface area (Å²) in [6, 6.07) is 9.04. The van der Waals surface area contributed by atoms with Crippen LogP contribution in [0, 0.1) is 0 Å². The lowest BCUT2D eigenvalue weighted by atomic mass is 9.92. The van der Waals surface area contributed by atoms with E-state index in [1.165, 1.54) is 0 Å². The predicted octanol–water partition coefficient (Wildman–Crippen LogP) is 3.11.